The number of nitrogens with zero attached hydrogens (tertiary/aromatic N) is 2. The highest BCUT2D eigenvalue weighted by Gasteiger charge is 2.15. The van der Waals surface area contributed by atoms with Crippen LogP contribution in [0.2, 0.25) is 0 Å². The lowest BCUT2D eigenvalue weighted by atomic mass is 10.0. The van der Waals surface area contributed by atoms with Crippen molar-refractivity contribution in [1.82, 2.24) is 9.13 Å². The van der Waals surface area contributed by atoms with Crippen molar-refractivity contribution >= 4 is 49.3 Å². The molecule has 0 bridgehead atoms. The van der Waals surface area contributed by atoms with Gasteiger partial charge in [-0.15, -0.1) is 0 Å². The molecule has 0 aliphatic carbocycles. The summed E-state index contributed by atoms with van der Waals surface area (Å²) in [6.45, 7) is 6.15. The topological polar surface area (TPSA) is 9.86 Å². The molecule has 0 unspecified atom stereocenters. The summed E-state index contributed by atoms with van der Waals surface area (Å²) >= 11 is 0. The van der Waals surface area contributed by atoms with Crippen molar-refractivity contribution in [2.75, 3.05) is 0 Å². The monoisotopic (exact) mass is 474 g/mol. The zero-order valence-electron chi connectivity index (χ0n) is 20.7. The molecule has 0 N–H and O–H groups in total. The molecule has 0 spiro atoms. The van der Waals surface area contributed by atoms with Crippen molar-refractivity contribution in [1.29, 1.82) is 0 Å². The van der Waals surface area contributed by atoms with Gasteiger partial charge in [0, 0.05) is 32.9 Å². The Morgan fingerprint density at radius 3 is 1.78 bits per heavy atom. The quantitative estimate of drug-likeness (QED) is 0.225. The van der Waals surface area contributed by atoms with E-state index in [1.807, 2.05) is 6.08 Å². The Kier molecular flexibility index (Phi) is 4.87. The number of rotatable bonds is 4. The smallest absolute Gasteiger partial charge is 0.0547 e. The highest BCUT2D eigenvalue weighted by Crippen LogP contribution is 2.37. The first-order chi connectivity index (χ1) is 18.3. The van der Waals surface area contributed by atoms with Crippen LogP contribution in [-0.2, 0) is 0 Å². The molecule has 2 heteroatoms. The molecule has 2 heterocycles. The number of allylic oxidation sites excluding steroid dienone is 3. The standard InChI is InChI=1S/C35H26N2/c1-3-26(4-2)36-32-16-10-8-14-28(32)30-20-18-24(22-34(30)36)25-19-21-31-29-15-9-11-17-33(29)37(35(31)23-25)27-12-6-5-7-13-27/h3-23H,1H2,2H3/b26-4+. The molecule has 2 aromatic heterocycles. The van der Waals surface area contributed by atoms with Gasteiger partial charge in [0.15, 0.2) is 0 Å². The summed E-state index contributed by atoms with van der Waals surface area (Å²) in [5.41, 5.74) is 9.48. The number of hydrogen-bond donors (Lipinski definition) is 0. The van der Waals surface area contributed by atoms with Crippen LogP contribution in [0, 0.1) is 0 Å². The lowest BCUT2D eigenvalue weighted by Crippen LogP contribution is -1.94. The van der Waals surface area contributed by atoms with Crippen LogP contribution in [0.1, 0.15) is 6.92 Å². The molecule has 7 rings (SSSR count). The van der Waals surface area contributed by atoms with Gasteiger partial charge in [-0.05, 0) is 60.5 Å². The number of aromatic nitrogens is 2. The first kappa shape index (κ1) is 21.5. The van der Waals surface area contributed by atoms with Crippen LogP contribution in [0.3, 0.4) is 0 Å². The van der Waals surface area contributed by atoms with Gasteiger partial charge in [0.05, 0.1) is 22.1 Å². The van der Waals surface area contributed by atoms with E-state index < -0.39 is 0 Å². The van der Waals surface area contributed by atoms with E-state index in [1.165, 1.54) is 60.4 Å². The van der Waals surface area contributed by atoms with Crippen LogP contribution in [0.15, 0.2) is 134 Å². The second-order valence-electron chi connectivity index (χ2n) is 9.42. The van der Waals surface area contributed by atoms with Crippen LogP contribution in [0.4, 0.5) is 0 Å². The molecular weight excluding hydrogens is 448 g/mol. The van der Waals surface area contributed by atoms with Crippen molar-refractivity contribution in [2.24, 2.45) is 0 Å². The molecule has 0 aliphatic heterocycles. The van der Waals surface area contributed by atoms with Crippen LogP contribution in [0.25, 0.3) is 66.1 Å². The van der Waals surface area contributed by atoms with Crippen molar-refractivity contribution in [3.63, 3.8) is 0 Å². The third-order valence-electron chi connectivity index (χ3n) is 7.46. The van der Waals surface area contributed by atoms with Gasteiger partial charge in [-0.3, -0.25) is 0 Å². The van der Waals surface area contributed by atoms with Gasteiger partial charge in [0.25, 0.3) is 0 Å². The van der Waals surface area contributed by atoms with Gasteiger partial charge in [-0.2, -0.15) is 0 Å². The van der Waals surface area contributed by atoms with Gasteiger partial charge >= 0.3 is 0 Å². The minimum Gasteiger partial charge on any atom is -0.310 e. The van der Waals surface area contributed by atoms with E-state index >= 15 is 0 Å². The average molecular weight is 475 g/mol. The summed E-state index contributed by atoms with van der Waals surface area (Å²) in [7, 11) is 0. The highest BCUT2D eigenvalue weighted by molar-refractivity contribution is 6.12. The van der Waals surface area contributed by atoms with E-state index in [0.717, 1.165) is 5.70 Å². The van der Waals surface area contributed by atoms with Crippen molar-refractivity contribution in [3.05, 3.63) is 134 Å². The van der Waals surface area contributed by atoms with E-state index in [0.29, 0.717) is 0 Å². The Hall–Kier alpha value is -4.82. The highest BCUT2D eigenvalue weighted by atomic mass is 15.0. The molecule has 2 nitrogen and oxygen atoms in total. The van der Waals surface area contributed by atoms with Crippen LogP contribution >= 0.6 is 0 Å². The van der Waals surface area contributed by atoms with E-state index in [2.05, 4.69) is 144 Å². The minimum atomic E-state index is 1.09. The fraction of sp³-hybridized carbons (Fsp3) is 0.0286. The number of hydrogen-bond acceptors (Lipinski definition) is 0. The average Bonchev–Trinajstić information content (AvgIpc) is 3.47. The molecule has 0 atom stereocenters. The Morgan fingerprint density at radius 1 is 0.568 bits per heavy atom. The summed E-state index contributed by atoms with van der Waals surface area (Å²) in [6, 6.07) is 41.6. The van der Waals surface area contributed by atoms with Gasteiger partial charge in [-0.1, -0.05) is 91.5 Å². The van der Waals surface area contributed by atoms with E-state index in [9.17, 15) is 0 Å². The molecular formula is C35H26N2. The lowest BCUT2D eigenvalue weighted by Gasteiger charge is -2.11. The Bertz CT molecular complexity index is 2000. The summed E-state index contributed by atoms with van der Waals surface area (Å²) < 4.78 is 4.69. The zero-order chi connectivity index (χ0) is 24.9. The molecule has 0 radical (unpaired) electrons. The molecule has 0 saturated carbocycles. The summed E-state index contributed by atoms with van der Waals surface area (Å²) in [5, 5.41) is 5.04. The molecule has 0 saturated heterocycles. The summed E-state index contributed by atoms with van der Waals surface area (Å²) in [6.07, 6.45) is 4.05. The van der Waals surface area contributed by atoms with E-state index in [-0.39, 0.29) is 0 Å². The number of benzene rings is 5. The van der Waals surface area contributed by atoms with Gasteiger partial charge < -0.3 is 9.13 Å². The maximum Gasteiger partial charge on any atom is 0.0547 e. The summed E-state index contributed by atoms with van der Waals surface area (Å²) in [4.78, 5) is 0. The molecule has 5 aromatic carbocycles. The molecule has 0 fully saturated rings. The van der Waals surface area contributed by atoms with Crippen molar-refractivity contribution in [2.45, 2.75) is 6.92 Å². The van der Waals surface area contributed by atoms with E-state index in [4.69, 9.17) is 0 Å². The second kappa shape index (κ2) is 8.39. The normalized spacial score (nSPS) is 12.2. The van der Waals surface area contributed by atoms with Gasteiger partial charge in [0.2, 0.25) is 0 Å². The first-order valence-electron chi connectivity index (χ1n) is 12.7. The maximum absolute atomic E-state index is 4.08. The fourth-order valence-corrected chi connectivity index (χ4v) is 5.77. The molecule has 0 aliphatic rings. The fourth-order valence-electron chi connectivity index (χ4n) is 5.77. The molecule has 37 heavy (non-hydrogen) atoms. The molecule has 7 aromatic rings. The third-order valence-corrected chi connectivity index (χ3v) is 7.46. The SMILES string of the molecule is C=C/C(=C\C)n1c2ccccc2c2ccc(-c3ccc4c5ccccc5n(-c5ccccc5)c4c3)cc21. The Morgan fingerprint density at radius 2 is 1.11 bits per heavy atom. The lowest BCUT2D eigenvalue weighted by molar-refractivity contribution is 1.18. The molecule has 0 amide bonds. The first-order valence-corrected chi connectivity index (χ1v) is 12.7. The second-order valence-corrected chi connectivity index (χ2v) is 9.42. The zero-order valence-corrected chi connectivity index (χ0v) is 20.7. The largest absolute Gasteiger partial charge is 0.310 e. The van der Waals surface area contributed by atoms with Crippen LogP contribution in [-0.4, -0.2) is 9.13 Å². The maximum atomic E-state index is 4.08. The predicted octanol–water partition coefficient (Wildman–Crippen LogP) is 9.61. The van der Waals surface area contributed by atoms with Gasteiger partial charge in [0.1, 0.15) is 0 Å². The Labute approximate surface area is 216 Å². The number of para-hydroxylation sites is 3. The minimum absolute atomic E-state index is 1.09. The van der Waals surface area contributed by atoms with Crippen LogP contribution in [0.5, 0.6) is 0 Å². The molecule has 176 valence electrons. The van der Waals surface area contributed by atoms with Gasteiger partial charge in [-0.25, -0.2) is 0 Å². The third kappa shape index (κ3) is 3.19. The summed E-state index contributed by atoms with van der Waals surface area (Å²) in [5.74, 6) is 0. The van der Waals surface area contributed by atoms with Crippen molar-refractivity contribution in [3.8, 4) is 16.8 Å². The van der Waals surface area contributed by atoms with E-state index in [1.54, 1.807) is 0 Å². The van der Waals surface area contributed by atoms with Crippen LogP contribution < -0.4 is 0 Å². The predicted molar refractivity (Wildman–Crippen MR) is 159 cm³/mol. The van der Waals surface area contributed by atoms with Crippen molar-refractivity contribution < 1.29 is 0 Å². The Balaban J connectivity index is 1.51. The number of fused-ring (bicyclic) bond motifs is 6.